The molecule has 0 unspecified atom stereocenters. The summed E-state index contributed by atoms with van der Waals surface area (Å²) in [7, 11) is 0. The van der Waals surface area contributed by atoms with Gasteiger partial charge >= 0.3 is 0 Å². The fourth-order valence-electron chi connectivity index (χ4n) is 3.91. The molecule has 0 bridgehead atoms. The summed E-state index contributed by atoms with van der Waals surface area (Å²) in [5.74, 6) is 0. The first-order valence-corrected chi connectivity index (χ1v) is 8.90. The van der Waals surface area contributed by atoms with Gasteiger partial charge in [-0.1, -0.05) is 25.7 Å². The molecule has 3 saturated carbocycles. The van der Waals surface area contributed by atoms with Crippen LogP contribution in [0.2, 0.25) is 0 Å². The molecule has 0 atom stereocenters. The third kappa shape index (κ3) is 4.19. The Kier molecular flexibility index (Phi) is 5.00. The van der Waals surface area contributed by atoms with E-state index in [1.54, 1.807) is 0 Å². The second-order valence-corrected chi connectivity index (χ2v) is 7.49. The predicted octanol–water partition coefficient (Wildman–Crippen LogP) is 2.54. The van der Waals surface area contributed by atoms with Gasteiger partial charge in [-0.15, -0.1) is 0 Å². The smallest absolute Gasteiger partial charge is 0.0558 e. The average Bonchev–Trinajstić information content (AvgIpc) is 3.32. The maximum absolute atomic E-state index is 9.35. The Hall–Kier alpha value is -0.120. The largest absolute Gasteiger partial charge is 0.395 e. The van der Waals surface area contributed by atoms with Crippen molar-refractivity contribution in [2.24, 2.45) is 5.41 Å². The number of hydrogen-bond donors (Lipinski definition) is 2. The zero-order chi connectivity index (χ0) is 13.8. The summed E-state index contributed by atoms with van der Waals surface area (Å²) < 4.78 is 0. The lowest BCUT2D eigenvalue weighted by Gasteiger charge is -2.38. The second-order valence-electron chi connectivity index (χ2n) is 7.49. The molecule has 0 aromatic heterocycles. The Bertz CT molecular complexity index is 291. The van der Waals surface area contributed by atoms with Crippen molar-refractivity contribution in [3.8, 4) is 0 Å². The Labute approximate surface area is 124 Å². The first kappa shape index (κ1) is 14.8. The average molecular weight is 280 g/mol. The van der Waals surface area contributed by atoms with Crippen LogP contribution in [0, 0.1) is 5.41 Å². The minimum atomic E-state index is 0.322. The van der Waals surface area contributed by atoms with E-state index >= 15 is 0 Å². The van der Waals surface area contributed by atoms with E-state index in [2.05, 4.69) is 10.2 Å². The highest BCUT2D eigenvalue weighted by atomic mass is 16.3. The molecule has 0 spiro atoms. The monoisotopic (exact) mass is 280 g/mol. The summed E-state index contributed by atoms with van der Waals surface area (Å²) in [5.41, 5.74) is 0.483. The molecule has 0 aromatic carbocycles. The van der Waals surface area contributed by atoms with E-state index in [4.69, 9.17) is 0 Å². The van der Waals surface area contributed by atoms with E-state index < -0.39 is 0 Å². The highest BCUT2D eigenvalue weighted by molar-refractivity contribution is 4.94. The van der Waals surface area contributed by atoms with Gasteiger partial charge in [-0.2, -0.15) is 0 Å². The van der Waals surface area contributed by atoms with Gasteiger partial charge in [0.05, 0.1) is 6.61 Å². The fourth-order valence-corrected chi connectivity index (χ4v) is 3.91. The number of rotatable bonds is 8. The molecule has 3 aliphatic carbocycles. The zero-order valence-corrected chi connectivity index (χ0v) is 12.9. The molecule has 3 fully saturated rings. The maximum Gasteiger partial charge on any atom is 0.0558 e. The number of nitrogens with zero attached hydrogens (tertiary/aromatic N) is 1. The van der Waals surface area contributed by atoms with Gasteiger partial charge in [-0.25, -0.2) is 0 Å². The first-order chi connectivity index (χ1) is 9.81. The van der Waals surface area contributed by atoms with Crippen molar-refractivity contribution in [2.45, 2.75) is 76.3 Å². The normalized spacial score (nSPS) is 26.7. The minimum absolute atomic E-state index is 0.322. The van der Waals surface area contributed by atoms with Crippen LogP contribution >= 0.6 is 0 Å². The predicted molar refractivity (Wildman–Crippen MR) is 82.8 cm³/mol. The minimum Gasteiger partial charge on any atom is -0.395 e. The van der Waals surface area contributed by atoms with Crippen molar-refractivity contribution in [3.05, 3.63) is 0 Å². The van der Waals surface area contributed by atoms with Crippen LogP contribution in [0.5, 0.6) is 0 Å². The van der Waals surface area contributed by atoms with Crippen LogP contribution in [0.4, 0.5) is 0 Å². The second kappa shape index (κ2) is 6.76. The third-order valence-electron chi connectivity index (χ3n) is 5.50. The van der Waals surface area contributed by atoms with Crippen LogP contribution < -0.4 is 5.32 Å². The molecule has 0 heterocycles. The molecule has 116 valence electrons. The summed E-state index contributed by atoms with van der Waals surface area (Å²) in [6.07, 6.45) is 13.9. The summed E-state index contributed by atoms with van der Waals surface area (Å²) in [4.78, 5) is 2.60. The number of aliphatic hydroxyl groups excluding tert-OH is 1. The maximum atomic E-state index is 9.35. The molecule has 0 aliphatic heterocycles. The molecule has 2 N–H and O–H groups in total. The van der Waals surface area contributed by atoms with Crippen LogP contribution in [0.1, 0.15) is 64.2 Å². The fraction of sp³-hybridized carbons (Fsp3) is 1.00. The molecule has 0 radical (unpaired) electrons. The summed E-state index contributed by atoms with van der Waals surface area (Å²) >= 11 is 0. The molecule has 0 amide bonds. The van der Waals surface area contributed by atoms with Gasteiger partial charge in [-0.05, 0) is 43.9 Å². The number of hydrogen-bond acceptors (Lipinski definition) is 3. The molecular weight excluding hydrogens is 248 g/mol. The van der Waals surface area contributed by atoms with Gasteiger partial charge < -0.3 is 10.4 Å². The molecule has 0 aromatic rings. The summed E-state index contributed by atoms with van der Waals surface area (Å²) in [5, 5.41) is 13.2. The zero-order valence-electron chi connectivity index (χ0n) is 12.9. The van der Waals surface area contributed by atoms with Crippen molar-refractivity contribution < 1.29 is 5.11 Å². The topological polar surface area (TPSA) is 35.5 Å². The first-order valence-electron chi connectivity index (χ1n) is 8.90. The van der Waals surface area contributed by atoms with Crippen molar-refractivity contribution in [1.29, 1.82) is 0 Å². The summed E-state index contributed by atoms with van der Waals surface area (Å²) in [6.45, 7) is 3.64. The van der Waals surface area contributed by atoms with Gasteiger partial charge in [0.2, 0.25) is 0 Å². The highest BCUT2D eigenvalue weighted by Crippen LogP contribution is 2.39. The Morgan fingerprint density at radius 3 is 2.25 bits per heavy atom. The standard InChI is InChI=1S/C17H32N2O/c20-12-11-19(16-7-8-16)14-17(13-18-15-5-6-15)9-3-1-2-4-10-17/h15-16,18,20H,1-14H2. The van der Waals surface area contributed by atoms with Crippen LogP contribution in [-0.2, 0) is 0 Å². The molecule has 3 heteroatoms. The number of aliphatic hydroxyl groups is 1. The van der Waals surface area contributed by atoms with Gasteiger partial charge in [0, 0.05) is 31.7 Å². The van der Waals surface area contributed by atoms with E-state index in [1.807, 2.05) is 0 Å². The molecular formula is C17H32N2O. The van der Waals surface area contributed by atoms with Crippen LogP contribution in [0.3, 0.4) is 0 Å². The molecule has 20 heavy (non-hydrogen) atoms. The van der Waals surface area contributed by atoms with Crippen LogP contribution in [0.15, 0.2) is 0 Å². The SMILES string of the molecule is OCCN(CC1(CNC2CC2)CCCCCC1)C1CC1. The van der Waals surface area contributed by atoms with Crippen molar-refractivity contribution in [1.82, 2.24) is 10.2 Å². The van der Waals surface area contributed by atoms with E-state index in [-0.39, 0.29) is 0 Å². The molecule has 3 rings (SSSR count). The Balaban J connectivity index is 1.61. The molecule has 3 aliphatic rings. The van der Waals surface area contributed by atoms with Crippen molar-refractivity contribution in [2.75, 3.05) is 26.2 Å². The lowest BCUT2D eigenvalue weighted by Crippen LogP contribution is -2.46. The van der Waals surface area contributed by atoms with E-state index in [0.717, 1.165) is 18.6 Å². The molecule has 3 nitrogen and oxygen atoms in total. The van der Waals surface area contributed by atoms with Crippen molar-refractivity contribution in [3.63, 3.8) is 0 Å². The van der Waals surface area contributed by atoms with Crippen LogP contribution in [0.25, 0.3) is 0 Å². The quantitative estimate of drug-likeness (QED) is 0.671. The van der Waals surface area contributed by atoms with Gasteiger partial charge in [0.1, 0.15) is 0 Å². The van der Waals surface area contributed by atoms with Gasteiger partial charge in [0.15, 0.2) is 0 Å². The third-order valence-corrected chi connectivity index (χ3v) is 5.50. The van der Waals surface area contributed by atoms with E-state index in [1.165, 1.54) is 77.3 Å². The van der Waals surface area contributed by atoms with Crippen LogP contribution in [-0.4, -0.2) is 48.3 Å². The van der Waals surface area contributed by atoms with E-state index in [9.17, 15) is 5.11 Å². The van der Waals surface area contributed by atoms with Gasteiger partial charge in [-0.3, -0.25) is 4.90 Å². The van der Waals surface area contributed by atoms with E-state index in [0.29, 0.717) is 12.0 Å². The van der Waals surface area contributed by atoms with Crippen molar-refractivity contribution >= 4 is 0 Å². The lowest BCUT2D eigenvalue weighted by atomic mass is 9.79. The highest BCUT2D eigenvalue weighted by Gasteiger charge is 2.38. The Morgan fingerprint density at radius 2 is 1.70 bits per heavy atom. The number of nitrogens with one attached hydrogen (secondary N) is 1. The Morgan fingerprint density at radius 1 is 1.00 bits per heavy atom. The summed E-state index contributed by atoms with van der Waals surface area (Å²) in [6, 6.07) is 1.60. The van der Waals surface area contributed by atoms with Gasteiger partial charge in [0.25, 0.3) is 0 Å². The lowest BCUT2D eigenvalue weighted by molar-refractivity contribution is 0.102. The molecule has 0 saturated heterocycles.